The molecule has 1 aromatic heterocycles. The van der Waals surface area contributed by atoms with E-state index in [1.54, 1.807) is 42.5 Å². The Morgan fingerprint density at radius 3 is 2.62 bits per heavy atom. The first kappa shape index (κ1) is 23.7. The Morgan fingerprint density at radius 2 is 1.88 bits per heavy atom. The van der Waals surface area contributed by atoms with Gasteiger partial charge in [0.25, 0.3) is 5.56 Å². The van der Waals surface area contributed by atoms with Crippen molar-refractivity contribution in [3.63, 3.8) is 0 Å². The van der Waals surface area contributed by atoms with Crippen LogP contribution in [-0.4, -0.2) is 35.8 Å². The number of hydrogen-bond acceptors (Lipinski definition) is 6. The van der Waals surface area contributed by atoms with Crippen LogP contribution in [-0.2, 0) is 0 Å². The highest BCUT2D eigenvalue weighted by atomic mass is 35.5. The molecule has 0 bridgehead atoms. The molecule has 4 N–H and O–H groups in total. The molecule has 1 amide bonds. The van der Waals surface area contributed by atoms with E-state index in [0.29, 0.717) is 16.3 Å². The normalized spacial score (nSPS) is 14.4. The number of ether oxygens (including phenoxy) is 1. The van der Waals surface area contributed by atoms with E-state index in [-0.39, 0.29) is 18.0 Å². The summed E-state index contributed by atoms with van der Waals surface area (Å²) in [4.78, 5) is 29.6. The Hall–Kier alpha value is -3.49. The van der Waals surface area contributed by atoms with E-state index in [4.69, 9.17) is 16.3 Å². The first-order valence-electron chi connectivity index (χ1n) is 11.2. The number of H-pyrrole nitrogens is 1. The van der Waals surface area contributed by atoms with Gasteiger partial charge in [0.2, 0.25) is 5.75 Å². The number of nitrogens with one attached hydrogen (secondary N) is 3. The van der Waals surface area contributed by atoms with Crippen molar-refractivity contribution >= 4 is 34.8 Å². The van der Waals surface area contributed by atoms with Gasteiger partial charge in [0.05, 0.1) is 11.8 Å². The van der Waals surface area contributed by atoms with E-state index in [1.807, 2.05) is 12.1 Å². The van der Waals surface area contributed by atoms with Crippen LogP contribution in [0.3, 0.4) is 0 Å². The molecule has 1 saturated heterocycles. The van der Waals surface area contributed by atoms with Gasteiger partial charge in [0.1, 0.15) is 0 Å². The van der Waals surface area contributed by atoms with Crippen molar-refractivity contribution in [3.8, 4) is 5.75 Å². The maximum Gasteiger partial charge on any atom is 0.417 e. The van der Waals surface area contributed by atoms with E-state index < -0.39 is 17.8 Å². The molecule has 1 fully saturated rings. The van der Waals surface area contributed by atoms with Crippen molar-refractivity contribution in [2.45, 2.75) is 25.4 Å². The van der Waals surface area contributed by atoms with Crippen LogP contribution < -0.4 is 25.8 Å². The summed E-state index contributed by atoms with van der Waals surface area (Å²) in [6.45, 7) is 2.15. The predicted octanol–water partition coefficient (Wildman–Crippen LogP) is 4.78. The van der Waals surface area contributed by atoms with Crippen molar-refractivity contribution in [3.05, 3.63) is 81.7 Å². The summed E-state index contributed by atoms with van der Waals surface area (Å²) in [6.07, 6.45) is 3.39. The van der Waals surface area contributed by atoms with Crippen molar-refractivity contribution in [2.24, 2.45) is 0 Å². The fourth-order valence-electron chi connectivity index (χ4n) is 3.89. The van der Waals surface area contributed by atoms with Gasteiger partial charge in [0.15, 0.2) is 0 Å². The Kier molecular flexibility index (Phi) is 7.72. The van der Waals surface area contributed by atoms with Crippen molar-refractivity contribution in [2.75, 3.05) is 35.2 Å². The zero-order valence-electron chi connectivity index (χ0n) is 18.6. The lowest BCUT2D eigenvalue weighted by molar-refractivity contribution is 0.191. The number of aliphatic hydroxyl groups excluding tert-OH is 1. The molecule has 3 aromatic rings. The molecule has 1 unspecified atom stereocenters. The molecule has 2 heterocycles. The second-order valence-electron chi connectivity index (χ2n) is 8.11. The Bertz CT molecular complexity index is 1180. The number of piperidine rings is 1. The van der Waals surface area contributed by atoms with E-state index in [9.17, 15) is 14.7 Å². The van der Waals surface area contributed by atoms with Gasteiger partial charge < -0.3 is 25.0 Å². The van der Waals surface area contributed by atoms with Crippen LogP contribution in [0.4, 0.5) is 21.9 Å². The fourth-order valence-corrected chi connectivity index (χ4v) is 4.09. The van der Waals surface area contributed by atoms with Crippen LogP contribution >= 0.6 is 11.6 Å². The van der Waals surface area contributed by atoms with Crippen LogP contribution in [0.15, 0.2) is 65.6 Å². The standard InChI is InChI=1S/C25H27ClN4O4/c26-18-6-4-5-17(15-18)22(31)16-28-21-11-12-27-24(32)23(21)34-25(33)29-19-7-9-20(10-8-19)30-13-2-1-3-14-30/h4-12,15,22,31H,1-3,13-14,16H2,(H,29,33)(H2,27,28,32). The Labute approximate surface area is 202 Å². The van der Waals surface area contributed by atoms with Crippen LogP contribution in [0.25, 0.3) is 0 Å². The first-order chi connectivity index (χ1) is 16.5. The molecule has 0 radical (unpaired) electrons. The Balaban J connectivity index is 1.38. The third kappa shape index (κ3) is 6.09. The third-order valence-corrected chi connectivity index (χ3v) is 5.90. The number of halogens is 1. The second-order valence-corrected chi connectivity index (χ2v) is 8.55. The van der Waals surface area contributed by atoms with Gasteiger partial charge in [-0.1, -0.05) is 23.7 Å². The van der Waals surface area contributed by atoms with Crippen LogP contribution in [0, 0.1) is 0 Å². The summed E-state index contributed by atoms with van der Waals surface area (Å²) < 4.78 is 5.31. The minimum Gasteiger partial charge on any atom is -0.402 e. The predicted molar refractivity (Wildman–Crippen MR) is 134 cm³/mol. The Morgan fingerprint density at radius 1 is 1.12 bits per heavy atom. The maximum atomic E-state index is 12.5. The first-order valence-corrected chi connectivity index (χ1v) is 11.6. The number of benzene rings is 2. The van der Waals surface area contributed by atoms with Gasteiger partial charge in [0, 0.05) is 42.2 Å². The summed E-state index contributed by atoms with van der Waals surface area (Å²) >= 11 is 5.98. The fraction of sp³-hybridized carbons (Fsp3) is 0.280. The van der Waals surface area contributed by atoms with E-state index in [1.165, 1.54) is 25.5 Å². The molecule has 1 aliphatic heterocycles. The molecule has 0 aliphatic carbocycles. The van der Waals surface area contributed by atoms with E-state index in [0.717, 1.165) is 18.8 Å². The van der Waals surface area contributed by atoms with Crippen LogP contribution in [0.1, 0.15) is 30.9 Å². The summed E-state index contributed by atoms with van der Waals surface area (Å²) in [5.41, 5.74) is 2.00. The topological polar surface area (TPSA) is 107 Å². The quantitative estimate of drug-likeness (QED) is 0.386. The van der Waals surface area contributed by atoms with Crippen LogP contribution in [0.5, 0.6) is 5.75 Å². The summed E-state index contributed by atoms with van der Waals surface area (Å²) in [5.74, 6) is -0.191. The smallest absolute Gasteiger partial charge is 0.402 e. The zero-order chi connectivity index (χ0) is 23.9. The van der Waals surface area contributed by atoms with E-state index in [2.05, 4.69) is 20.5 Å². The zero-order valence-corrected chi connectivity index (χ0v) is 19.3. The monoisotopic (exact) mass is 482 g/mol. The largest absolute Gasteiger partial charge is 0.417 e. The lowest BCUT2D eigenvalue weighted by Gasteiger charge is -2.28. The van der Waals surface area contributed by atoms with Gasteiger partial charge in [-0.05, 0) is 67.3 Å². The number of hydrogen-bond donors (Lipinski definition) is 4. The molecule has 1 atom stereocenters. The number of aromatic amines is 1. The highest BCUT2D eigenvalue weighted by Gasteiger charge is 2.16. The molecule has 8 nitrogen and oxygen atoms in total. The summed E-state index contributed by atoms with van der Waals surface area (Å²) in [7, 11) is 0. The van der Waals surface area contributed by atoms with Crippen molar-refractivity contribution in [1.29, 1.82) is 0 Å². The number of rotatable bonds is 7. The molecule has 178 valence electrons. The number of carbonyl (C=O) groups is 1. The molecule has 0 saturated carbocycles. The third-order valence-electron chi connectivity index (χ3n) is 5.66. The van der Waals surface area contributed by atoms with Gasteiger partial charge in [-0.15, -0.1) is 0 Å². The molecular weight excluding hydrogens is 456 g/mol. The SMILES string of the molecule is O=C(Nc1ccc(N2CCCCC2)cc1)Oc1c(NCC(O)c2cccc(Cl)c2)cc[nH]c1=O. The molecule has 9 heteroatoms. The number of aliphatic hydroxyl groups is 1. The number of amides is 1. The number of anilines is 3. The average molecular weight is 483 g/mol. The van der Waals surface area contributed by atoms with Gasteiger partial charge in [-0.25, -0.2) is 4.79 Å². The van der Waals surface area contributed by atoms with E-state index >= 15 is 0 Å². The molecule has 34 heavy (non-hydrogen) atoms. The molecule has 4 rings (SSSR count). The van der Waals surface area contributed by atoms with Gasteiger partial charge >= 0.3 is 6.09 Å². The lowest BCUT2D eigenvalue weighted by atomic mass is 10.1. The summed E-state index contributed by atoms with van der Waals surface area (Å²) in [5, 5.41) is 16.5. The van der Waals surface area contributed by atoms with Gasteiger partial charge in [-0.3, -0.25) is 10.1 Å². The number of aromatic nitrogens is 1. The molecule has 2 aromatic carbocycles. The number of nitrogens with zero attached hydrogens (tertiary/aromatic N) is 1. The van der Waals surface area contributed by atoms with Crippen molar-refractivity contribution in [1.82, 2.24) is 4.98 Å². The van der Waals surface area contributed by atoms with Crippen LogP contribution in [0.2, 0.25) is 5.02 Å². The molecular formula is C25H27ClN4O4. The minimum atomic E-state index is -0.877. The highest BCUT2D eigenvalue weighted by Crippen LogP contribution is 2.24. The second kappa shape index (κ2) is 11.1. The maximum absolute atomic E-state index is 12.5. The number of carbonyl (C=O) groups excluding carboxylic acids is 1. The average Bonchev–Trinajstić information content (AvgIpc) is 2.85. The summed E-state index contributed by atoms with van der Waals surface area (Å²) in [6, 6.07) is 16.0. The number of pyridine rings is 1. The van der Waals surface area contributed by atoms with Crippen molar-refractivity contribution < 1.29 is 14.6 Å². The lowest BCUT2D eigenvalue weighted by Crippen LogP contribution is -2.29. The minimum absolute atomic E-state index is 0.0831. The van der Waals surface area contributed by atoms with Gasteiger partial charge in [-0.2, -0.15) is 0 Å². The molecule has 0 spiro atoms. The molecule has 1 aliphatic rings. The highest BCUT2D eigenvalue weighted by molar-refractivity contribution is 6.30.